The zero-order chi connectivity index (χ0) is 14.9. The smallest absolute Gasteiger partial charge is 0.289 e. The SMILES string of the molecule is CCCCN(C(=O)c1cc(S(N)(=O)=O)c(Br)o1)C1CC1. The molecule has 1 aliphatic rings. The predicted octanol–water partition coefficient (Wildman–Crippen LogP) is 2.09. The fourth-order valence-corrected chi connectivity index (χ4v) is 3.46. The third-order valence-electron chi connectivity index (χ3n) is 3.17. The van der Waals surface area contributed by atoms with E-state index in [1.54, 1.807) is 4.90 Å². The van der Waals surface area contributed by atoms with Crippen LogP contribution in [0.25, 0.3) is 0 Å². The highest BCUT2D eigenvalue weighted by molar-refractivity contribution is 9.10. The van der Waals surface area contributed by atoms with E-state index in [-0.39, 0.29) is 27.3 Å². The number of halogens is 1. The molecule has 0 atom stereocenters. The number of rotatable bonds is 6. The van der Waals surface area contributed by atoms with Gasteiger partial charge in [0, 0.05) is 18.7 Å². The van der Waals surface area contributed by atoms with Crippen LogP contribution in [0.15, 0.2) is 20.0 Å². The van der Waals surface area contributed by atoms with Gasteiger partial charge in [-0.2, -0.15) is 0 Å². The second kappa shape index (κ2) is 5.87. The molecular formula is C12H17BrN2O4S. The summed E-state index contributed by atoms with van der Waals surface area (Å²) in [6, 6.07) is 1.43. The average Bonchev–Trinajstić information content (AvgIpc) is 3.10. The van der Waals surface area contributed by atoms with Crippen molar-refractivity contribution >= 4 is 31.9 Å². The largest absolute Gasteiger partial charge is 0.443 e. The summed E-state index contributed by atoms with van der Waals surface area (Å²) in [5.41, 5.74) is 0. The van der Waals surface area contributed by atoms with Gasteiger partial charge in [0.25, 0.3) is 5.91 Å². The second-order valence-corrected chi connectivity index (χ2v) is 7.13. The molecule has 0 aliphatic heterocycles. The van der Waals surface area contributed by atoms with Crippen molar-refractivity contribution in [2.24, 2.45) is 5.14 Å². The van der Waals surface area contributed by atoms with Gasteiger partial charge in [-0.3, -0.25) is 4.79 Å². The van der Waals surface area contributed by atoms with Crippen molar-refractivity contribution in [2.45, 2.75) is 43.5 Å². The summed E-state index contributed by atoms with van der Waals surface area (Å²) in [6.07, 6.45) is 3.87. The number of primary sulfonamides is 1. The van der Waals surface area contributed by atoms with Gasteiger partial charge in [-0.05, 0) is 35.2 Å². The Morgan fingerprint density at radius 3 is 2.65 bits per heavy atom. The van der Waals surface area contributed by atoms with Gasteiger partial charge in [0.2, 0.25) is 10.0 Å². The van der Waals surface area contributed by atoms with E-state index in [2.05, 4.69) is 22.9 Å². The first-order valence-electron chi connectivity index (χ1n) is 6.47. The van der Waals surface area contributed by atoms with Crippen molar-refractivity contribution in [3.05, 3.63) is 16.5 Å². The van der Waals surface area contributed by atoms with E-state index in [1.165, 1.54) is 6.07 Å². The highest BCUT2D eigenvalue weighted by Crippen LogP contribution is 2.31. The fraction of sp³-hybridized carbons (Fsp3) is 0.583. The average molecular weight is 365 g/mol. The summed E-state index contributed by atoms with van der Waals surface area (Å²) in [7, 11) is -3.90. The molecule has 2 rings (SSSR count). The first-order chi connectivity index (χ1) is 9.34. The summed E-state index contributed by atoms with van der Waals surface area (Å²) in [5, 5.41) is 5.06. The number of carbonyl (C=O) groups is 1. The first kappa shape index (κ1) is 15.5. The molecule has 1 amide bonds. The molecule has 1 fully saturated rings. The maximum absolute atomic E-state index is 12.4. The Morgan fingerprint density at radius 1 is 1.55 bits per heavy atom. The van der Waals surface area contributed by atoms with E-state index in [1.807, 2.05) is 0 Å². The number of hydrogen-bond acceptors (Lipinski definition) is 4. The lowest BCUT2D eigenvalue weighted by Gasteiger charge is -2.20. The van der Waals surface area contributed by atoms with Crippen LogP contribution >= 0.6 is 15.9 Å². The van der Waals surface area contributed by atoms with Crippen LogP contribution in [0.2, 0.25) is 0 Å². The Balaban J connectivity index is 2.23. The molecule has 0 bridgehead atoms. The molecular weight excluding hydrogens is 348 g/mol. The summed E-state index contributed by atoms with van der Waals surface area (Å²) in [6.45, 7) is 2.71. The molecule has 2 N–H and O–H groups in total. The van der Waals surface area contributed by atoms with E-state index in [4.69, 9.17) is 9.56 Å². The zero-order valence-corrected chi connectivity index (χ0v) is 13.5. The van der Waals surface area contributed by atoms with Crippen molar-refractivity contribution in [1.29, 1.82) is 0 Å². The third kappa shape index (κ3) is 3.42. The Hall–Kier alpha value is -0.860. The normalized spacial score (nSPS) is 15.3. The lowest BCUT2D eigenvalue weighted by atomic mass is 10.3. The quantitative estimate of drug-likeness (QED) is 0.835. The molecule has 1 saturated carbocycles. The lowest BCUT2D eigenvalue weighted by Crippen LogP contribution is -2.33. The van der Waals surface area contributed by atoms with Crippen LogP contribution in [0.3, 0.4) is 0 Å². The van der Waals surface area contributed by atoms with E-state index >= 15 is 0 Å². The first-order valence-corrected chi connectivity index (χ1v) is 8.81. The van der Waals surface area contributed by atoms with Crippen LogP contribution in [-0.4, -0.2) is 31.8 Å². The Kier molecular flexibility index (Phi) is 4.55. The van der Waals surface area contributed by atoms with Gasteiger partial charge in [0.1, 0.15) is 4.90 Å². The van der Waals surface area contributed by atoms with Gasteiger partial charge in [0.05, 0.1) is 0 Å². The van der Waals surface area contributed by atoms with Crippen LogP contribution in [0.1, 0.15) is 43.2 Å². The molecule has 1 aromatic rings. The summed E-state index contributed by atoms with van der Waals surface area (Å²) < 4.78 is 27.9. The molecule has 0 saturated heterocycles. The molecule has 0 aromatic carbocycles. The second-order valence-electron chi connectivity index (χ2n) is 4.88. The number of sulfonamides is 1. The molecule has 6 nitrogen and oxygen atoms in total. The molecule has 0 unspecified atom stereocenters. The zero-order valence-electron chi connectivity index (χ0n) is 11.1. The standard InChI is InChI=1S/C12H17BrN2O4S/c1-2-3-6-15(8-4-5-8)12(16)9-7-10(11(13)19-9)20(14,17)18/h7-8H,2-6H2,1H3,(H2,14,17,18). The highest BCUT2D eigenvalue weighted by atomic mass is 79.9. The maximum atomic E-state index is 12.4. The van der Waals surface area contributed by atoms with Gasteiger partial charge in [-0.1, -0.05) is 13.3 Å². The highest BCUT2D eigenvalue weighted by Gasteiger charge is 2.34. The van der Waals surface area contributed by atoms with E-state index < -0.39 is 10.0 Å². The van der Waals surface area contributed by atoms with Gasteiger partial charge in [0.15, 0.2) is 10.4 Å². The Bertz CT molecular complexity index is 607. The van der Waals surface area contributed by atoms with Crippen LogP contribution in [0, 0.1) is 0 Å². The molecule has 1 aromatic heterocycles. The molecule has 1 heterocycles. The van der Waals surface area contributed by atoms with Crippen molar-refractivity contribution in [2.75, 3.05) is 6.54 Å². The van der Waals surface area contributed by atoms with E-state index in [0.29, 0.717) is 6.54 Å². The number of unbranched alkanes of at least 4 members (excludes halogenated alkanes) is 1. The number of nitrogens with zero attached hydrogens (tertiary/aromatic N) is 1. The van der Waals surface area contributed by atoms with Crippen molar-refractivity contribution in [1.82, 2.24) is 4.90 Å². The van der Waals surface area contributed by atoms with Gasteiger partial charge >= 0.3 is 0 Å². The van der Waals surface area contributed by atoms with E-state index in [9.17, 15) is 13.2 Å². The van der Waals surface area contributed by atoms with Crippen LogP contribution in [0.4, 0.5) is 0 Å². The van der Waals surface area contributed by atoms with Gasteiger partial charge in [-0.25, -0.2) is 13.6 Å². The third-order valence-corrected chi connectivity index (χ3v) is 4.94. The van der Waals surface area contributed by atoms with Crippen LogP contribution < -0.4 is 5.14 Å². The number of hydrogen-bond donors (Lipinski definition) is 1. The van der Waals surface area contributed by atoms with Crippen LogP contribution in [-0.2, 0) is 10.0 Å². The van der Waals surface area contributed by atoms with Crippen molar-refractivity contribution in [3.63, 3.8) is 0 Å². The molecule has 8 heteroatoms. The minimum atomic E-state index is -3.90. The summed E-state index contributed by atoms with van der Waals surface area (Å²) >= 11 is 2.98. The molecule has 1 aliphatic carbocycles. The molecule has 0 spiro atoms. The molecule has 0 radical (unpaired) electrons. The fourth-order valence-electron chi connectivity index (χ4n) is 1.96. The van der Waals surface area contributed by atoms with Crippen molar-refractivity contribution < 1.29 is 17.6 Å². The Labute approximate surface area is 126 Å². The minimum Gasteiger partial charge on any atom is -0.443 e. The summed E-state index contributed by atoms with van der Waals surface area (Å²) in [4.78, 5) is 14.0. The number of nitrogens with two attached hydrogens (primary N) is 1. The van der Waals surface area contributed by atoms with Crippen LogP contribution in [0.5, 0.6) is 0 Å². The number of furan rings is 1. The predicted molar refractivity (Wildman–Crippen MR) is 76.7 cm³/mol. The van der Waals surface area contributed by atoms with Gasteiger partial charge in [-0.15, -0.1) is 0 Å². The van der Waals surface area contributed by atoms with E-state index in [0.717, 1.165) is 25.7 Å². The monoisotopic (exact) mass is 364 g/mol. The minimum absolute atomic E-state index is 0.00361. The number of amides is 1. The summed E-state index contributed by atoms with van der Waals surface area (Å²) in [5.74, 6) is -0.277. The van der Waals surface area contributed by atoms with Gasteiger partial charge < -0.3 is 9.32 Å². The lowest BCUT2D eigenvalue weighted by molar-refractivity contribution is 0.0707. The molecule has 20 heavy (non-hydrogen) atoms. The maximum Gasteiger partial charge on any atom is 0.289 e. The molecule has 112 valence electrons. The van der Waals surface area contributed by atoms with Crippen molar-refractivity contribution in [3.8, 4) is 0 Å². The topological polar surface area (TPSA) is 93.6 Å². The number of carbonyl (C=O) groups excluding carboxylic acids is 1. The Morgan fingerprint density at radius 2 is 2.20 bits per heavy atom.